The Hall–Kier alpha value is -3.20. The fourth-order valence-electron chi connectivity index (χ4n) is 2.63. The van der Waals surface area contributed by atoms with Crippen LogP contribution >= 0.6 is 11.6 Å². The number of imidazole rings is 1. The van der Waals surface area contributed by atoms with Crippen molar-refractivity contribution in [1.29, 1.82) is 0 Å². The molecule has 1 N–H and O–H groups in total. The number of hydrazone groups is 1. The maximum atomic E-state index is 13.8. The fraction of sp³-hybridized carbons (Fsp3) is 0.176. The fourth-order valence-corrected chi connectivity index (χ4v) is 2.84. The number of allylic oxidation sites excluding steroid dienone is 1. The van der Waals surface area contributed by atoms with Crippen LogP contribution < -0.4 is 16.7 Å². The van der Waals surface area contributed by atoms with Gasteiger partial charge in [-0.05, 0) is 12.1 Å². The Bertz CT molecular complexity index is 1170. The zero-order valence-corrected chi connectivity index (χ0v) is 15.4. The van der Waals surface area contributed by atoms with Gasteiger partial charge in [-0.15, -0.1) is 6.58 Å². The maximum Gasteiger partial charge on any atom is 0.332 e. The van der Waals surface area contributed by atoms with E-state index >= 15 is 0 Å². The molecule has 0 saturated carbocycles. The van der Waals surface area contributed by atoms with Gasteiger partial charge in [-0.25, -0.2) is 14.6 Å². The Labute approximate surface area is 157 Å². The second-order valence-corrected chi connectivity index (χ2v) is 6.13. The zero-order chi connectivity index (χ0) is 19.7. The van der Waals surface area contributed by atoms with E-state index < -0.39 is 17.1 Å². The van der Waals surface area contributed by atoms with Crippen molar-refractivity contribution in [3.8, 4) is 0 Å². The van der Waals surface area contributed by atoms with E-state index in [-0.39, 0.29) is 34.2 Å². The van der Waals surface area contributed by atoms with Gasteiger partial charge in [0.1, 0.15) is 5.82 Å². The number of hydrogen-bond acceptors (Lipinski definition) is 5. The molecule has 0 saturated heterocycles. The Balaban J connectivity index is 2.11. The predicted molar refractivity (Wildman–Crippen MR) is 103 cm³/mol. The van der Waals surface area contributed by atoms with Crippen LogP contribution in [0.25, 0.3) is 11.2 Å². The van der Waals surface area contributed by atoms with Gasteiger partial charge in [0.15, 0.2) is 11.2 Å². The molecule has 10 heteroatoms. The molecule has 3 aromatic rings. The largest absolute Gasteiger partial charge is 0.332 e. The maximum absolute atomic E-state index is 13.8. The lowest BCUT2D eigenvalue weighted by atomic mass is 10.2. The number of nitrogens with zero attached hydrogens (tertiary/aromatic N) is 5. The van der Waals surface area contributed by atoms with E-state index in [1.807, 2.05) is 0 Å². The smallest absolute Gasteiger partial charge is 0.299 e. The molecule has 0 aliphatic rings. The van der Waals surface area contributed by atoms with E-state index in [9.17, 15) is 14.0 Å². The highest BCUT2D eigenvalue weighted by molar-refractivity contribution is 6.33. The van der Waals surface area contributed by atoms with Gasteiger partial charge < -0.3 is 0 Å². The quantitative estimate of drug-likeness (QED) is 0.409. The summed E-state index contributed by atoms with van der Waals surface area (Å²) in [5, 5.41) is 4.17. The summed E-state index contributed by atoms with van der Waals surface area (Å²) in [5.41, 5.74) is 2.22. The van der Waals surface area contributed by atoms with Crippen molar-refractivity contribution < 1.29 is 4.39 Å². The highest BCUT2D eigenvalue weighted by Gasteiger charge is 2.18. The molecule has 1 aromatic carbocycles. The molecule has 8 nitrogen and oxygen atoms in total. The van der Waals surface area contributed by atoms with Gasteiger partial charge in [0.2, 0.25) is 5.95 Å². The molecule has 0 bridgehead atoms. The molecule has 3 rings (SSSR count). The van der Waals surface area contributed by atoms with Crippen LogP contribution in [-0.2, 0) is 20.6 Å². The number of aryl methyl sites for hydroxylation is 1. The van der Waals surface area contributed by atoms with Crippen LogP contribution in [0.15, 0.2) is 45.5 Å². The van der Waals surface area contributed by atoms with Crippen molar-refractivity contribution in [3.05, 3.63) is 68.1 Å². The summed E-state index contributed by atoms with van der Waals surface area (Å²) in [5.74, 6) is -0.323. The Morgan fingerprint density at radius 2 is 2.07 bits per heavy atom. The first-order chi connectivity index (χ1) is 12.9. The highest BCUT2D eigenvalue weighted by Crippen LogP contribution is 2.18. The number of anilines is 1. The summed E-state index contributed by atoms with van der Waals surface area (Å²) >= 11 is 5.96. The van der Waals surface area contributed by atoms with Crippen molar-refractivity contribution in [1.82, 2.24) is 18.7 Å². The topological polar surface area (TPSA) is 86.2 Å². The summed E-state index contributed by atoms with van der Waals surface area (Å²) in [7, 11) is 2.91. The minimum atomic E-state index is -0.524. The van der Waals surface area contributed by atoms with E-state index in [0.717, 1.165) is 4.57 Å². The molecule has 0 fully saturated rings. The lowest BCUT2D eigenvalue weighted by Crippen LogP contribution is -2.37. The summed E-state index contributed by atoms with van der Waals surface area (Å²) in [6.45, 7) is 3.92. The van der Waals surface area contributed by atoms with Gasteiger partial charge in [-0.3, -0.25) is 18.5 Å². The van der Waals surface area contributed by atoms with Crippen molar-refractivity contribution in [2.45, 2.75) is 6.54 Å². The molecule has 2 aromatic heterocycles. The second kappa shape index (κ2) is 7.20. The third-order valence-electron chi connectivity index (χ3n) is 4.02. The van der Waals surface area contributed by atoms with Crippen LogP contribution in [0.1, 0.15) is 5.56 Å². The van der Waals surface area contributed by atoms with E-state index in [1.54, 1.807) is 12.1 Å². The first-order valence-corrected chi connectivity index (χ1v) is 8.24. The molecular weight excluding hydrogens is 375 g/mol. The van der Waals surface area contributed by atoms with Gasteiger partial charge in [-0.1, -0.05) is 23.7 Å². The average Bonchev–Trinajstić information content (AvgIpc) is 2.99. The minimum Gasteiger partial charge on any atom is -0.299 e. The molecule has 0 radical (unpaired) electrons. The number of benzene rings is 1. The third kappa shape index (κ3) is 3.17. The monoisotopic (exact) mass is 390 g/mol. The normalized spacial score (nSPS) is 11.4. The van der Waals surface area contributed by atoms with E-state index in [4.69, 9.17) is 11.6 Å². The molecule has 0 amide bonds. The van der Waals surface area contributed by atoms with Crippen LogP contribution in [0.4, 0.5) is 10.3 Å². The van der Waals surface area contributed by atoms with Crippen molar-refractivity contribution in [2.75, 3.05) is 5.43 Å². The van der Waals surface area contributed by atoms with E-state index in [0.29, 0.717) is 0 Å². The number of fused-ring (bicyclic) bond motifs is 1. The lowest BCUT2D eigenvalue weighted by Gasteiger charge is -2.06. The molecule has 0 atom stereocenters. The molecule has 140 valence electrons. The molecule has 2 heterocycles. The Kier molecular flexibility index (Phi) is 4.95. The van der Waals surface area contributed by atoms with Gasteiger partial charge >= 0.3 is 5.69 Å². The summed E-state index contributed by atoms with van der Waals surface area (Å²) in [4.78, 5) is 28.9. The summed E-state index contributed by atoms with van der Waals surface area (Å²) in [6, 6.07) is 4.29. The van der Waals surface area contributed by atoms with Crippen LogP contribution in [0.3, 0.4) is 0 Å². The number of nitrogens with one attached hydrogen (secondary N) is 1. The van der Waals surface area contributed by atoms with Crippen molar-refractivity contribution >= 4 is 34.9 Å². The number of aromatic nitrogens is 4. The SMILES string of the molecule is C=CCn1c(NN=Cc2c(F)cccc2Cl)nc2c1c(=O)n(C)c(=O)n2C. The molecule has 0 aliphatic heterocycles. The summed E-state index contributed by atoms with van der Waals surface area (Å²) in [6.07, 6.45) is 2.79. The number of hydrogen-bond donors (Lipinski definition) is 1. The highest BCUT2D eigenvalue weighted by atomic mass is 35.5. The minimum absolute atomic E-state index is 0.112. The molecule has 0 aliphatic carbocycles. The van der Waals surface area contributed by atoms with Gasteiger partial charge in [-0.2, -0.15) is 10.1 Å². The van der Waals surface area contributed by atoms with Crippen LogP contribution in [-0.4, -0.2) is 24.9 Å². The Morgan fingerprint density at radius 3 is 2.74 bits per heavy atom. The van der Waals surface area contributed by atoms with E-state index in [2.05, 4.69) is 22.1 Å². The van der Waals surface area contributed by atoms with Gasteiger partial charge in [0, 0.05) is 26.2 Å². The second-order valence-electron chi connectivity index (χ2n) is 5.72. The van der Waals surface area contributed by atoms with Gasteiger partial charge in [0.25, 0.3) is 5.56 Å². The molecular formula is C17H16ClFN6O2. The number of halogens is 2. The molecule has 0 unspecified atom stereocenters. The van der Waals surface area contributed by atoms with Crippen LogP contribution in [0.5, 0.6) is 0 Å². The third-order valence-corrected chi connectivity index (χ3v) is 4.35. The average molecular weight is 391 g/mol. The summed E-state index contributed by atoms with van der Waals surface area (Å²) < 4.78 is 17.6. The first-order valence-electron chi connectivity index (χ1n) is 7.87. The van der Waals surface area contributed by atoms with Crippen LogP contribution in [0.2, 0.25) is 5.02 Å². The van der Waals surface area contributed by atoms with Crippen molar-refractivity contribution in [3.63, 3.8) is 0 Å². The van der Waals surface area contributed by atoms with Gasteiger partial charge in [0.05, 0.1) is 11.2 Å². The van der Waals surface area contributed by atoms with Crippen molar-refractivity contribution in [2.24, 2.45) is 19.2 Å². The number of rotatable bonds is 5. The lowest BCUT2D eigenvalue weighted by molar-refractivity contribution is 0.626. The predicted octanol–water partition coefficient (Wildman–Crippen LogP) is 1.86. The molecule has 27 heavy (non-hydrogen) atoms. The van der Waals surface area contributed by atoms with Crippen LogP contribution in [0, 0.1) is 5.82 Å². The standard InChI is InChI=1S/C17H16ClFN6O2/c1-4-8-25-13-14(23(2)17(27)24(3)15(13)26)21-16(25)22-20-9-10-11(18)6-5-7-12(10)19/h4-7,9H,1,8H2,2-3H3,(H,21,22). The first kappa shape index (κ1) is 18.6. The zero-order valence-electron chi connectivity index (χ0n) is 14.6. The Morgan fingerprint density at radius 1 is 1.33 bits per heavy atom. The molecule has 0 spiro atoms. The van der Waals surface area contributed by atoms with E-state index in [1.165, 1.54) is 41.6 Å².